The van der Waals surface area contributed by atoms with Gasteiger partial charge in [0.1, 0.15) is 23.3 Å². The molecule has 0 fully saturated rings. The van der Waals surface area contributed by atoms with Gasteiger partial charge in [0.05, 0.1) is 39.6 Å². The Kier molecular flexibility index (Phi) is 16.4. The molecule has 0 spiro atoms. The molecule has 0 heterocycles. The average molecular weight is 603 g/mol. The molecule has 0 N–H and O–H groups in total. The Hall–Kier alpha value is -4.64. The van der Waals surface area contributed by atoms with Gasteiger partial charge in [-0.3, -0.25) is 0 Å². The van der Waals surface area contributed by atoms with Crippen LogP contribution >= 0.6 is 0 Å². The second kappa shape index (κ2) is 20.3. The minimum absolute atomic E-state index is 0.0309. The predicted octanol–water partition coefficient (Wildman–Crippen LogP) is 5.01. The third kappa shape index (κ3) is 11.9. The number of nitrogens with zero attached hydrogens (tertiary/aromatic N) is 4. The smallest absolute Gasteiger partial charge is 0.348 e. The van der Waals surface area contributed by atoms with Crippen molar-refractivity contribution in [3.63, 3.8) is 0 Å². The molecule has 234 valence electrons. The first-order valence-electron chi connectivity index (χ1n) is 14.8. The first-order valence-corrected chi connectivity index (χ1v) is 14.8. The second-order valence-electron chi connectivity index (χ2n) is 9.35. The summed E-state index contributed by atoms with van der Waals surface area (Å²) in [6.45, 7) is 13.1. The maximum absolute atomic E-state index is 11.8. The highest BCUT2D eigenvalue weighted by molar-refractivity contribution is 5.98. The average Bonchev–Trinajstić information content (AvgIpc) is 3.04. The van der Waals surface area contributed by atoms with Gasteiger partial charge < -0.3 is 28.7 Å². The summed E-state index contributed by atoms with van der Waals surface area (Å²) in [7, 11) is 0. The lowest BCUT2D eigenvalue weighted by atomic mass is 10.1. The van der Waals surface area contributed by atoms with E-state index in [4.69, 9.17) is 18.9 Å². The number of esters is 2. The van der Waals surface area contributed by atoms with Crippen LogP contribution in [0.3, 0.4) is 0 Å². The van der Waals surface area contributed by atoms with Crippen molar-refractivity contribution >= 4 is 35.5 Å². The quantitative estimate of drug-likeness (QED) is 0.0937. The normalized spacial score (nSPS) is 11.3. The fourth-order valence-electron chi connectivity index (χ4n) is 4.20. The summed E-state index contributed by atoms with van der Waals surface area (Å²) < 4.78 is 21.4. The Morgan fingerprint density at radius 1 is 0.636 bits per heavy atom. The van der Waals surface area contributed by atoms with Gasteiger partial charge in [-0.1, -0.05) is 24.3 Å². The zero-order chi connectivity index (χ0) is 32.2. The fraction of sp³-hybridized carbons (Fsp3) is 0.412. The number of carbonyl (C=O) groups excluding carboxylic acids is 2. The molecule has 44 heavy (non-hydrogen) atoms. The van der Waals surface area contributed by atoms with E-state index in [1.165, 1.54) is 12.2 Å². The number of nitriles is 2. The third-order valence-electron chi connectivity index (χ3n) is 6.52. The van der Waals surface area contributed by atoms with Gasteiger partial charge in [-0.05, 0) is 75.2 Å². The van der Waals surface area contributed by atoms with Crippen molar-refractivity contribution in [1.82, 2.24) is 0 Å². The summed E-state index contributed by atoms with van der Waals surface area (Å²) in [4.78, 5) is 28.1. The van der Waals surface area contributed by atoms with Crippen molar-refractivity contribution in [2.45, 2.75) is 27.7 Å². The van der Waals surface area contributed by atoms with E-state index in [0.717, 1.165) is 35.6 Å². The third-order valence-corrected chi connectivity index (χ3v) is 6.52. The van der Waals surface area contributed by atoms with E-state index in [2.05, 4.69) is 23.6 Å². The van der Waals surface area contributed by atoms with E-state index >= 15 is 0 Å². The van der Waals surface area contributed by atoms with Crippen molar-refractivity contribution in [2.24, 2.45) is 0 Å². The van der Waals surface area contributed by atoms with Gasteiger partial charge in [-0.2, -0.15) is 10.5 Å². The maximum atomic E-state index is 11.8. The second-order valence-corrected chi connectivity index (χ2v) is 9.35. The summed E-state index contributed by atoms with van der Waals surface area (Å²) in [6, 6.07) is 19.1. The zero-order valence-electron chi connectivity index (χ0n) is 26.1. The molecule has 0 bridgehead atoms. The molecule has 0 aliphatic heterocycles. The highest BCUT2D eigenvalue weighted by Gasteiger charge is 2.12. The lowest BCUT2D eigenvalue weighted by Gasteiger charge is -2.24. The van der Waals surface area contributed by atoms with E-state index in [-0.39, 0.29) is 24.4 Å². The van der Waals surface area contributed by atoms with Crippen LogP contribution in [0, 0.1) is 22.7 Å². The molecule has 10 nitrogen and oxygen atoms in total. The Balaban J connectivity index is 1.73. The van der Waals surface area contributed by atoms with Gasteiger partial charge in [0.15, 0.2) is 0 Å². The SMILES string of the molecule is CCOC(=O)C(C#N)=Cc1ccc(N(CC)CCOCCOCCN(CC)c2ccc(C=C(C#N)C(=O)OCC)cc2)cc1. The Morgan fingerprint density at radius 3 is 1.30 bits per heavy atom. The maximum Gasteiger partial charge on any atom is 0.348 e. The number of anilines is 2. The van der Waals surface area contributed by atoms with E-state index < -0.39 is 11.9 Å². The van der Waals surface area contributed by atoms with Crippen molar-refractivity contribution in [3.8, 4) is 12.1 Å². The molecule has 2 rings (SSSR count). The predicted molar refractivity (Wildman–Crippen MR) is 171 cm³/mol. The summed E-state index contributed by atoms with van der Waals surface area (Å²) >= 11 is 0. The van der Waals surface area contributed by atoms with Crippen molar-refractivity contribution in [3.05, 3.63) is 70.8 Å². The van der Waals surface area contributed by atoms with Crippen molar-refractivity contribution in [2.75, 3.05) is 75.6 Å². The minimum Gasteiger partial charge on any atom is -0.462 e. The molecule has 10 heteroatoms. The first-order chi connectivity index (χ1) is 21.4. The summed E-state index contributed by atoms with van der Waals surface area (Å²) in [5, 5.41) is 18.5. The van der Waals surface area contributed by atoms with Gasteiger partial charge in [-0.25, -0.2) is 9.59 Å². The minimum atomic E-state index is -0.623. The molecule has 0 saturated carbocycles. The monoisotopic (exact) mass is 602 g/mol. The van der Waals surface area contributed by atoms with Gasteiger partial charge in [0, 0.05) is 37.6 Å². The lowest BCUT2D eigenvalue weighted by Crippen LogP contribution is -2.28. The van der Waals surface area contributed by atoms with Crippen LogP contribution in [0.2, 0.25) is 0 Å². The van der Waals surface area contributed by atoms with E-state index in [1.54, 1.807) is 13.8 Å². The fourth-order valence-corrected chi connectivity index (χ4v) is 4.20. The number of hydrogen-bond donors (Lipinski definition) is 0. The molecule has 0 saturated heterocycles. The largest absolute Gasteiger partial charge is 0.462 e. The lowest BCUT2D eigenvalue weighted by molar-refractivity contribution is -0.138. The molecule has 2 aromatic rings. The van der Waals surface area contributed by atoms with Gasteiger partial charge in [-0.15, -0.1) is 0 Å². The van der Waals surface area contributed by atoms with Gasteiger partial charge in [0.25, 0.3) is 0 Å². The van der Waals surface area contributed by atoms with Crippen LogP contribution in [0.15, 0.2) is 59.7 Å². The Labute approximate surface area is 260 Å². The molecule has 0 radical (unpaired) electrons. The van der Waals surface area contributed by atoms with E-state index in [9.17, 15) is 20.1 Å². The molecule has 0 unspecified atom stereocenters. The molecule has 0 atom stereocenters. The molecular formula is C34H42N4O6. The molecule has 0 aliphatic rings. The molecule has 0 aromatic heterocycles. The van der Waals surface area contributed by atoms with Crippen molar-refractivity contribution in [1.29, 1.82) is 10.5 Å². The molecule has 0 amide bonds. The number of ether oxygens (including phenoxy) is 4. The number of benzene rings is 2. The Bertz CT molecular complexity index is 1220. The highest BCUT2D eigenvalue weighted by atomic mass is 16.5. The van der Waals surface area contributed by atoms with Crippen LogP contribution in [0.1, 0.15) is 38.8 Å². The van der Waals surface area contributed by atoms with Gasteiger partial charge >= 0.3 is 11.9 Å². The van der Waals surface area contributed by atoms with E-state index in [1.807, 2.05) is 60.7 Å². The summed E-state index contributed by atoms with van der Waals surface area (Å²) in [5.74, 6) is -1.25. The number of likely N-dealkylation sites (N-methyl/N-ethyl adjacent to an activating group) is 2. The Morgan fingerprint density at radius 2 is 1.00 bits per heavy atom. The number of hydrogen-bond acceptors (Lipinski definition) is 10. The standard InChI is InChI=1S/C34H42N4O6/c1-5-37(31-13-9-27(10-14-31)23-29(25-35)33(39)43-7-3)17-19-41-21-22-42-20-18-38(6-2)32-15-11-28(12-16-32)24-30(26-36)34(40)44-8-4/h9-16,23-24H,5-8,17-22H2,1-4H3. The van der Waals surface area contributed by atoms with Gasteiger partial charge in [0.2, 0.25) is 0 Å². The number of carbonyl (C=O) groups is 2. The zero-order valence-corrected chi connectivity index (χ0v) is 26.1. The number of rotatable bonds is 19. The summed E-state index contributed by atoms with van der Waals surface area (Å²) in [5.41, 5.74) is 3.48. The van der Waals surface area contributed by atoms with Crippen LogP contribution in [0.5, 0.6) is 0 Å². The molecular weight excluding hydrogens is 560 g/mol. The first kappa shape index (κ1) is 35.6. The van der Waals surface area contributed by atoms with Crippen LogP contribution in [-0.4, -0.2) is 77.8 Å². The topological polar surface area (TPSA) is 125 Å². The van der Waals surface area contributed by atoms with Crippen LogP contribution in [0.25, 0.3) is 12.2 Å². The van der Waals surface area contributed by atoms with Crippen molar-refractivity contribution < 1.29 is 28.5 Å². The van der Waals surface area contributed by atoms with Crippen LogP contribution in [-0.2, 0) is 28.5 Å². The molecule has 0 aliphatic carbocycles. The van der Waals surface area contributed by atoms with E-state index in [0.29, 0.717) is 39.5 Å². The highest BCUT2D eigenvalue weighted by Crippen LogP contribution is 2.18. The van der Waals surface area contributed by atoms with Crippen LogP contribution in [0.4, 0.5) is 11.4 Å². The van der Waals surface area contributed by atoms with Crippen LogP contribution < -0.4 is 9.80 Å². The molecule has 2 aromatic carbocycles. The summed E-state index contributed by atoms with van der Waals surface area (Å²) in [6.07, 6.45) is 3.05.